The number of phenols is 1. The summed E-state index contributed by atoms with van der Waals surface area (Å²) in [4.78, 5) is 27.0. The number of aromatic amines is 1. The average molecular weight is 403 g/mol. The van der Waals surface area contributed by atoms with Crippen LogP contribution in [0.2, 0.25) is 0 Å². The zero-order valence-corrected chi connectivity index (χ0v) is 16.2. The first-order valence-corrected chi connectivity index (χ1v) is 9.73. The summed E-state index contributed by atoms with van der Waals surface area (Å²) in [5, 5.41) is 26.0. The summed E-state index contributed by atoms with van der Waals surface area (Å²) in [7, 11) is 0. The van der Waals surface area contributed by atoms with E-state index in [4.69, 9.17) is 5.73 Å². The van der Waals surface area contributed by atoms with Crippen molar-refractivity contribution in [2.75, 3.05) is 0 Å². The number of tetrazole rings is 1. The van der Waals surface area contributed by atoms with Crippen molar-refractivity contribution >= 4 is 23.6 Å². The number of thioether (sulfide) groups is 1. The van der Waals surface area contributed by atoms with Gasteiger partial charge in [0.2, 0.25) is 11.8 Å². The number of rotatable bonds is 5. The van der Waals surface area contributed by atoms with Crippen LogP contribution in [0.25, 0.3) is 0 Å². The fraction of sp³-hybridized carbons (Fsp3) is 0.471. The quantitative estimate of drug-likeness (QED) is 0.497. The lowest BCUT2D eigenvalue weighted by Crippen LogP contribution is -2.69. The molecule has 0 spiro atoms. The topological polar surface area (TPSA) is 150 Å². The number of nitrogens with zero attached hydrogens (tertiary/aromatic N) is 4. The molecule has 148 valence electrons. The summed E-state index contributed by atoms with van der Waals surface area (Å²) in [5.74, 6) is 0.0525. The summed E-state index contributed by atoms with van der Waals surface area (Å²) in [6.07, 6.45) is 0.311. The molecule has 5 N–H and O–H groups in total. The minimum Gasteiger partial charge on any atom is -0.508 e. The first-order chi connectivity index (χ1) is 13.3. The lowest BCUT2D eigenvalue weighted by atomic mass is 9.95. The van der Waals surface area contributed by atoms with Crippen molar-refractivity contribution in [2.45, 2.75) is 48.5 Å². The molecule has 3 heterocycles. The molecule has 4 rings (SSSR count). The summed E-state index contributed by atoms with van der Waals surface area (Å²) < 4.78 is -0.322. The molecule has 0 aliphatic carbocycles. The van der Waals surface area contributed by atoms with E-state index in [2.05, 4.69) is 25.9 Å². The number of H-pyrrole nitrogens is 1. The van der Waals surface area contributed by atoms with Gasteiger partial charge in [0.05, 0.1) is 6.04 Å². The fourth-order valence-electron chi connectivity index (χ4n) is 3.69. The Morgan fingerprint density at radius 1 is 1.43 bits per heavy atom. The van der Waals surface area contributed by atoms with Crippen molar-refractivity contribution < 1.29 is 14.7 Å². The highest BCUT2D eigenvalue weighted by atomic mass is 32.2. The van der Waals surface area contributed by atoms with Crippen LogP contribution in [-0.2, 0) is 16.0 Å². The Bertz CT molecular complexity index is 887. The number of carbonyl (C=O) groups excluding carboxylic acids is 2. The van der Waals surface area contributed by atoms with Gasteiger partial charge in [-0.05, 0) is 38.0 Å². The number of aromatic nitrogens is 4. The Labute approximate surface area is 165 Å². The van der Waals surface area contributed by atoms with Gasteiger partial charge in [0.25, 0.3) is 0 Å². The molecular formula is C17H21N7O3S. The molecule has 0 radical (unpaired) electrons. The van der Waals surface area contributed by atoms with Crippen LogP contribution in [0, 0.1) is 0 Å². The maximum atomic E-state index is 12.7. The first-order valence-electron chi connectivity index (χ1n) is 8.85. The summed E-state index contributed by atoms with van der Waals surface area (Å²) >= 11 is 1.60. The standard InChI is InChI=1S/C17H21N7O3S/c1-17(2)12(13-20-22-23-21-13)24-15(27)11(16(24)28-17)19-14(26)10(18)7-8-3-5-9(25)6-4-8/h3-6,10-12,16,25H,7,18H2,1-2H3,(H,19,26)(H,20,21,22,23)/t10-,11?,12?,16+/m0/s1. The zero-order valence-electron chi connectivity index (χ0n) is 15.4. The van der Waals surface area contributed by atoms with Crippen molar-refractivity contribution in [3.8, 4) is 5.75 Å². The van der Waals surface area contributed by atoms with E-state index in [-0.39, 0.29) is 33.7 Å². The molecule has 0 saturated carbocycles. The summed E-state index contributed by atoms with van der Waals surface area (Å²) in [6, 6.07) is 4.78. The zero-order chi connectivity index (χ0) is 20.1. The predicted octanol–water partition coefficient (Wildman–Crippen LogP) is -0.305. The van der Waals surface area contributed by atoms with Crippen molar-refractivity contribution in [2.24, 2.45) is 5.73 Å². The number of fused-ring (bicyclic) bond motifs is 1. The van der Waals surface area contributed by atoms with Crippen molar-refractivity contribution in [1.82, 2.24) is 30.8 Å². The Balaban J connectivity index is 1.42. The van der Waals surface area contributed by atoms with Gasteiger partial charge >= 0.3 is 0 Å². The van der Waals surface area contributed by atoms with Crippen LogP contribution in [0.1, 0.15) is 31.3 Å². The van der Waals surface area contributed by atoms with Crippen molar-refractivity contribution in [3.05, 3.63) is 35.7 Å². The van der Waals surface area contributed by atoms with Crippen molar-refractivity contribution in [1.29, 1.82) is 0 Å². The SMILES string of the molecule is CC1(C)S[C@@H]2C(NC(=O)[C@@H](N)Cc3ccc(O)cc3)C(=O)N2C1c1nn[nH]n1. The van der Waals surface area contributed by atoms with Gasteiger partial charge in [0.1, 0.15) is 23.2 Å². The fourth-order valence-corrected chi connectivity index (χ4v) is 5.32. The van der Waals surface area contributed by atoms with E-state index in [9.17, 15) is 14.7 Å². The second-order valence-corrected chi connectivity index (χ2v) is 9.26. The minimum atomic E-state index is -0.793. The number of carbonyl (C=O) groups is 2. The molecule has 4 atom stereocenters. The monoisotopic (exact) mass is 403 g/mol. The Morgan fingerprint density at radius 3 is 2.79 bits per heavy atom. The number of hydrogen-bond donors (Lipinski definition) is 4. The van der Waals surface area contributed by atoms with Crippen LogP contribution in [0.3, 0.4) is 0 Å². The molecule has 1 aromatic carbocycles. The molecule has 2 amide bonds. The number of aromatic hydroxyl groups is 1. The van der Waals surface area contributed by atoms with Gasteiger partial charge in [-0.2, -0.15) is 5.21 Å². The third-order valence-corrected chi connectivity index (χ3v) is 6.65. The maximum Gasteiger partial charge on any atom is 0.249 e. The number of amides is 2. The number of β-lactam (4-membered cyclic amide) rings is 1. The van der Waals surface area contributed by atoms with Gasteiger partial charge in [-0.25, -0.2) is 0 Å². The van der Waals surface area contributed by atoms with Gasteiger partial charge in [0.15, 0.2) is 5.82 Å². The smallest absolute Gasteiger partial charge is 0.249 e. The highest BCUT2D eigenvalue weighted by molar-refractivity contribution is 8.01. The molecule has 2 aliphatic rings. The third kappa shape index (κ3) is 3.10. The third-order valence-electron chi connectivity index (χ3n) is 5.07. The van der Waals surface area contributed by atoms with Crippen molar-refractivity contribution in [3.63, 3.8) is 0 Å². The van der Waals surface area contributed by atoms with E-state index in [1.165, 1.54) is 0 Å². The van der Waals surface area contributed by atoms with E-state index in [0.29, 0.717) is 12.2 Å². The molecule has 2 fully saturated rings. The van der Waals surface area contributed by atoms with Crippen LogP contribution in [0.4, 0.5) is 0 Å². The molecule has 11 heteroatoms. The molecule has 0 bridgehead atoms. The molecule has 2 saturated heterocycles. The lowest BCUT2D eigenvalue weighted by Gasteiger charge is -2.44. The number of phenolic OH excluding ortho intramolecular Hbond substituents is 1. The lowest BCUT2D eigenvalue weighted by molar-refractivity contribution is -0.152. The van der Waals surface area contributed by atoms with Gasteiger partial charge in [0, 0.05) is 4.75 Å². The van der Waals surface area contributed by atoms with E-state index in [0.717, 1.165) is 5.56 Å². The van der Waals surface area contributed by atoms with Gasteiger partial charge < -0.3 is 21.1 Å². The van der Waals surface area contributed by atoms with Crippen LogP contribution in [0.15, 0.2) is 24.3 Å². The Morgan fingerprint density at radius 2 is 2.14 bits per heavy atom. The highest BCUT2D eigenvalue weighted by Crippen LogP contribution is 2.56. The average Bonchev–Trinajstić information content (AvgIpc) is 3.25. The molecule has 2 unspecified atom stereocenters. The summed E-state index contributed by atoms with van der Waals surface area (Å²) in [6.45, 7) is 4.03. The second kappa shape index (κ2) is 6.74. The van der Waals surface area contributed by atoms with E-state index >= 15 is 0 Å². The summed E-state index contributed by atoms with van der Waals surface area (Å²) in [5.41, 5.74) is 6.85. The van der Waals surface area contributed by atoms with Crippen LogP contribution >= 0.6 is 11.8 Å². The molecule has 10 nitrogen and oxygen atoms in total. The number of hydrogen-bond acceptors (Lipinski definition) is 8. The highest BCUT2D eigenvalue weighted by Gasteiger charge is 2.63. The number of benzene rings is 1. The van der Waals surface area contributed by atoms with E-state index in [1.54, 1.807) is 40.9 Å². The van der Waals surface area contributed by atoms with Crippen LogP contribution < -0.4 is 11.1 Å². The number of nitrogens with two attached hydrogens (primary N) is 1. The van der Waals surface area contributed by atoms with Crippen LogP contribution in [-0.4, -0.2) is 64.6 Å². The molecular weight excluding hydrogens is 382 g/mol. The van der Waals surface area contributed by atoms with E-state index < -0.39 is 12.1 Å². The van der Waals surface area contributed by atoms with Crippen LogP contribution in [0.5, 0.6) is 5.75 Å². The first kappa shape index (κ1) is 18.7. The van der Waals surface area contributed by atoms with E-state index in [1.807, 2.05) is 13.8 Å². The number of nitrogens with one attached hydrogen (secondary N) is 2. The Hall–Kier alpha value is -2.66. The second-order valence-electron chi connectivity index (χ2n) is 7.49. The molecule has 2 aliphatic heterocycles. The Kier molecular flexibility index (Phi) is 4.50. The minimum absolute atomic E-state index is 0.152. The predicted molar refractivity (Wildman–Crippen MR) is 101 cm³/mol. The largest absolute Gasteiger partial charge is 0.508 e. The van der Waals surface area contributed by atoms with Gasteiger partial charge in [-0.3, -0.25) is 9.59 Å². The van der Waals surface area contributed by atoms with Gasteiger partial charge in [-0.15, -0.1) is 22.0 Å². The maximum absolute atomic E-state index is 12.7. The molecule has 1 aromatic heterocycles. The molecule has 28 heavy (non-hydrogen) atoms. The van der Waals surface area contributed by atoms with Gasteiger partial charge in [-0.1, -0.05) is 17.3 Å². The molecule has 2 aromatic rings. The normalized spacial score (nSPS) is 26.5.